The first kappa shape index (κ1) is 16.7. The zero-order valence-electron chi connectivity index (χ0n) is 14.2. The van der Waals surface area contributed by atoms with E-state index in [-0.39, 0.29) is 5.91 Å². The molecule has 1 amide bonds. The molecule has 2 N–H and O–H groups in total. The van der Waals surface area contributed by atoms with Gasteiger partial charge in [0.05, 0.1) is 11.9 Å². The molecule has 0 unspecified atom stereocenters. The minimum atomic E-state index is 0.0925. The summed E-state index contributed by atoms with van der Waals surface area (Å²) in [5.41, 5.74) is 2.89. The molecular formula is C20H25N3O. The van der Waals surface area contributed by atoms with Gasteiger partial charge in [-0.1, -0.05) is 30.3 Å². The monoisotopic (exact) mass is 323 g/mol. The van der Waals surface area contributed by atoms with Crippen molar-refractivity contribution in [3.05, 3.63) is 48.8 Å². The number of hydrogen-bond donors (Lipinski definition) is 2. The van der Waals surface area contributed by atoms with E-state index in [2.05, 4.69) is 15.6 Å². The second-order valence-electron chi connectivity index (χ2n) is 6.59. The molecule has 1 fully saturated rings. The van der Waals surface area contributed by atoms with E-state index < -0.39 is 0 Å². The lowest BCUT2D eigenvalue weighted by molar-refractivity contribution is -0.117. The summed E-state index contributed by atoms with van der Waals surface area (Å²) in [5.74, 6) is 0.592. The van der Waals surface area contributed by atoms with E-state index in [1.54, 1.807) is 6.20 Å². The number of nitrogens with zero attached hydrogens (tertiary/aromatic N) is 1. The smallest absolute Gasteiger partial charge is 0.224 e. The van der Waals surface area contributed by atoms with Crippen LogP contribution in [0.2, 0.25) is 0 Å². The molecule has 1 heterocycles. The summed E-state index contributed by atoms with van der Waals surface area (Å²) in [6.07, 6.45) is 8.72. The molecule has 0 spiro atoms. The highest BCUT2D eigenvalue weighted by Gasteiger charge is 2.22. The summed E-state index contributed by atoms with van der Waals surface area (Å²) >= 11 is 0. The fourth-order valence-corrected chi connectivity index (χ4v) is 3.43. The van der Waals surface area contributed by atoms with Crippen LogP contribution < -0.4 is 10.6 Å². The topological polar surface area (TPSA) is 54.0 Å². The number of hydrogen-bond acceptors (Lipinski definition) is 3. The number of carbonyl (C=O) groups is 1. The predicted octanol–water partition coefficient (Wildman–Crippen LogP) is 3.86. The molecule has 1 aromatic heterocycles. The Kier molecular flexibility index (Phi) is 5.59. The maximum atomic E-state index is 12.3. The van der Waals surface area contributed by atoms with E-state index in [0.29, 0.717) is 18.4 Å². The van der Waals surface area contributed by atoms with Gasteiger partial charge < -0.3 is 10.6 Å². The van der Waals surface area contributed by atoms with Crippen LogP contribution in [0, 0.1) is 5.92 Å². The van der Waals surface area contributed by atoms with Crippen molar-refractivity contribution < 1.29 is 4.79 Å². The van der Waals surface area contributed by atoms with Crippen molar-refractivity contribution in [3.8, 4) is 11.1 Å². The van der Waals surface area contributed by atoms with Gasteiger partial charge in [-0.15, -0.1) is 0 Å². The maximum Gasteiger partial charge on any atom is 0.224 e. The molecule has 1 saturated carbocycles. The first-order chi connectivity index (χ1) is 11.7. The highest BCUT2D eigenvalue weighted by Crippen LogP contribution is 2.27. The van der Waals surface area contributed by atoms with Crippen molar-refractivity contribution in [1.29, 1.82) is 0 Å². The summed E-state index contributed by atoms with van der Waals surface area (Å²) in [6.45, 7) is 0. The fraction of sp³-hybridized carbons (Fsp3) is 0.400. The molecule has 1 aromatic carbocycles. The van der Waals surface area contributed by atoms with Crippen molar-refractivity contribution in [2.45, 2.75) is 38.1 Å². The Morgan fingerprint density at radius 2 is 1.83 bits per heavy atom. The molecule has 0 bridgehead atoms. The summed E-state index contributed by atoms with van der Waals surface area (Å²) < 4.78 is 0. The standard InChI is InChI=1S/C20H25N3O/c1-21-18-9-7-15(8-10-18)11-20(24)23-19-12-17(13-22-14-19)16-5-3-2-4-6-16/h2-6,12-15,18,21H,7-11H2,1H3,(H,23,24). The van der Waals surface area contributed by atoms with Gasteiger partial charge in [0, 0.05) is 24.2 Å². The average Bonchev–Trinajstić information content (AvgIpc) is 2.63. The van der Waals surface area contributed by atoms with Crippen molar-refractivity contribution >= 4 is 11.6 Å². The third kappa shape index (κ3) is 4.42. The third-order valence-corrected chi connectivity index (χ3v) is 4.86. The third-order valence-electron chi connectivity index (χ3n) is 4.86. The molecule has 4 nitrogen and oxygen atoms in total. The number of carbonyl (C=O) groups excluding carboxylic acids is 1. The van der Waals surface area contributed by atoms with Crippen molar-refractivity contribution in [3.63, 3.8) is 0 Å². The Balaban J connectivity index is 1.57. The number of benzene rings is 1. The van der Waals surface area contributed by atoms with Crippen LogP contribution in [0.15, 0.2) is 48.8 Å². The predicted molar refractivity (Wildman–Crippen MR) is 97.7 cm³/mol. The molecule has 0 radical (unpaired) electrons. The number of anilines is 1. The number of rotatable bonds is 5. The van der Waals surface area contributed by atoms with Gasteiger partial charge in [0.2, 0.25) is 5.91 Å². The van der Waals surface area contributed by atoms with Crippen LogP contribution in [0.25, 0.3) is 11.1 Å². The Labute approximate surface area is 143 Å². The molecular weight excluding hydrogens is 298 g/mol. The van der Waals surface area contributed by atoms with Crippen molar-refractivity contribution in [1.82, 2.24) is 10.3 Å². The molecule has 0 saturated heterocycles. The van der Waals surface area contributed by atoms with Gasteiger partial charge in [-0.2, -0.15) is 0 Å². The van der Waals surface area contributed by atoms with Crippen molar-refractivity contribution in [2.75, 3.05) is 12.4 Å². The number of amides is 1. The normalized spacial score (nSPS) is 20.5. The summed E-state index contributed by atoms with van der Waals surface area (Å²) in [4.78, 5) is 16.6. The van der Waals surface area contributed by atoms with Crippen LogP contribution in [-0.2, 0) is 4.79 Å². The Morgan fingerprint density at radius 3 is 2.54 bits per heavy atom. The van der Waals surface area contributed by atoms with Gasteiger partial charge in [0.15, 0.2) is 0 Å². The quantitative estimate of drug-likeness (QED) is 0.878. The molecule has 1 aliphatic rings. The molecule has 2 aromatic rings. The lowest BCUT2D eigenvalue weighted by atomic mass is 9.84. The van der Waals surface area contributed by atoms with E-state index in [1.165, 1.54) is 12.8 Å². The number of aromatic nitrogens is 1. The van der Waals surface area contributed by atoms with Crippen LogP contribution in [0.1, 0.15) is 32.1 Å². The maximum absolute atomic E-state index is 12.3. The first-order valence-corrected chi connectivity index (χ1v) is 8.72. The molecule has 4 heteroatoms. The van der Waals surface area contributed by atoms with Gasteiger partial charge in [0.1, 0.15) is 0 Å². The van der Waals surface area contributed by atoms with Gasteiger partial charge in [-0.25, -0.2) is 0 Å². The van der Waals surface area contributed by atoms with Crippen molar-refractivity contribution in [2.24, 2.45) is 5.92 Å². The van der Waals surface area contributed by atoms with E-state index in [9.17, 15) is 4.79 Å². The van der Waals surface area contributed by atoms with Crippen LogP contribution in [-0.4, -0.2) is 24.0 Å². The van der Waals surface area contributed by atoms with Gasteiger partial charge in [0.25, 0.3) is 0 Å². The molecule has 126 valence electrons. The van der Waals surface area contributed by atoms with Crippen LogP contribution in [0.4, 0.5) is 5.69 Å². The fourth-order valence-electron chi connectivity index (χ4n) is 3.43. The van der Waals surface area contributed by atoms with Crippen LogP contribution in [0.5, 0.6) is 0 Å². The van der Waals surface area contributed by atoms with Gasteiger partial charge in [-0.05, 0) is 50.3 Å². The van der Waals surface area contributed by atoms with E-state index in [1.807, 2.05) is 49.6 Å². The molecule has 3 rings (SSSR count). The minimum Gasteiger partial charge on any atom is -0.325 e. The SMILES string of the molecule is CNC1CCC(CC(=O)Nc2cncc(-c3ccccc3)c2)CC1. The Morgan fingerprint density at radius 1 is 1.08 bits per heavy atom. The lowest BCUT2D eigenvalue weighted by Gasteiger charge is -2.27. The lowest BCUT2D eigenvalue weighted by Crippen LogP contribution is -2.31. The van der Waals surface area contributed by atoms with Gasteiger partial charge >= 0.3 is 0 Å². The van der Waals surface area contributed by atoms with E-state index in [0.717, 1.165) is 29.7 Å². The Bertz CT molecular complexity index is 664. The molecule has 24 heavy (non-hydrogen) atoms. The zero-order chi connectivity index (χ0) is 16.8. The molecule has 0 atom stereocenters. The Hall–Kier alpha value is -2.20. The van der Waals surface area contributed by atoms with E-state index in [4.69, 9.17) is 0 Å². The van der Waals surface area contributed by atoms with Crippen LogP contribution >= 0.6 is 0 Å². The highest BCUT2D eigenvalue weighted by molar-refractivity contribution is 5.91. The van der Waals surface area contributed by atoms with Crippen LogP contribution in [0.3, 0.4) is 0 Å². The molecule has 0 aliphatic heterocycles. The van der Waals surface area contributed by atoms with Gasteiger partial charge in [-0.3, -0.25) is 9.78 Å². The number of pyridine rings is 1. The summed E-state index contributed by atoms with van der Waals surface area (Å²) in [5, 5.41) is 6.34. The number of nitrogens with one attached hydrogen (secondary N) is 2. The minimum absolute atomic E-state index is 0.0925. The largest absolute Gasteiger partial charge is 0.325 e. The highest BCUT2D eigenvalue weighted by atomic mass is 16.1. The summed E-state index contributed by atoms with van der Waals surface area (Å²) in [7, 11) is 2.02. The second-order valence-corrected chi connectivity index (χ2v) is 6.59. The average molecular weight is 323 g/mol. The second kappa shape index (κ2) is 8.06. The molecule has 1 aliphatic carbocycles. The zero-order valence-corrected chi connectivity index (χ0v) is 14.2. The summed E-state index contributed by atoms with van der Waals surface area (Å²) in [6, 6.07) is 12.7. The first-order valence-electron chi connectivity index (χ1n) is 8.72. The van der Waals surface area contributed by atoms with E-state index >= 15 is 0 Å².